The summed E-state index contributed by atoms with van der Waals surface area (Å²) in [6.45, 7) is 1.65. The number of hydrogen-bond acceptors (Lipinski definition) is 4. The second-order valence-corrected chi connectivity index (χ2v) is 6.94. The second-order valence-electron chi connectivity index (χ2n) is 4.06. The molecule has 20 heavy (non-hydrogen) atoms. The largest absolute Gasteiger partial charge is 0.325 e. The molecule has 1 heterocycles. The first kappa shape index (κ1) is 15.3. The molecule has 0 fully saturated rings. The first-order chi connectivity index (χ1) is 9.35. The van der Waals surface area contributed by atoms with Crippen LogP contribution in [0.1, 0.15) is 11.4 Å². The Kier molecular flexibility index (Phi) is 4.38. The molecule has 0 radical (unpaired) electrons. The van der Waals surface area contributed by atoms with Crippen molar-refractivity contribution < 1.29 is 8.42 Å². The number of aryl methyl sites for hydroxylation is 1. The molecular formula is C11H12BrClN4O2S. The number of halogens is 2. The quantitative estimate of drug-likeness (QED) is 0.759. The highest BCUT2D eigenvalue weighted by Crippen LogP contribution is 2.27. The number of aromatic nitrogens is 2. The lowest BCUT2D eigenvalue weighted by Gasteiger charge is -2.09. The highest BCUT2D eigenvalue weighted by molar-refractivity contribution is 9.10. The number of aromatic amines is 1. The summed E-state index contributed by atoms with van der Waals surface area (Å²) in [5.74, 6) is 0. The van der Waals surface area contributed by atoms with Gasteiger partial charge in [-0.3, -0.25) is 9.82 Å². The molecule has 9 heteroatoms. The van der Waals surface area contributed by atoms with Crippen LogP contribution >= 0.6 is 27.5 Å². The van der Waals surface area contributed by atoms with Crippen molar-refractivity contribution in [2.45, 2.75) is 18.4 Å². The Labute approximate surface area is 129 Å². The fourth-order valence-electron chi connectivity index (χ4n) is 1.73. The van der Waals surface area contributed by atoms with Gasteiger partial charge in [-0.25, -0.2) is 8.42 Å². The van der Waals surface area contributed by atoms with Crippen molar-refractivity contribution in [3.8, 4) is 0 Å². The molecule has 0 saturated heterocycles. The van der Waals surface area contributed by atoms with Crippen LogP contribution in [0, 0.1) is 6.92 Å². The van der Waals surface area contributed by atoms with E-state index in [1.807, 2.05) is 0 Å². The number of benzene rings is 1. The van der Waals surface area contributed by atoms with Crippen LogP contribution < -0.4 is 10.5 Å². The minimum atomic E-state index is -3.77. The highest BCUT2D eigenvalue weighted by Gasteiger charge is 2.23. The van der Waals surface area contributed by atoms with Crippen molar-refractivity contribution in [3.05, 3.63) is 39.1 Å². The summed E-state index contributed by atoms with van der Waals surface area (Å²) in [4.78, 5) is 0.0686. The van der Waals surface area contributed by atoms with Gasteiger partial charge in [-0.15, -0.1) is 0 Å². The van der Waals surface area contributed by atoms with Crippen LogP contribution in [0.3, 0.4) is 0 Å². The van der Waals surface area contributed by atoms with E-state index in [-0.39, 0.29) is 11.4 Å². The first-order valence-electron chi connectivity index (χ1n) is 5.57. The Balaban J connectivity index is 2.40. The standard InChI is InChI=1S/C11H12BrClN4O2S/c1-6-11(10(5-14)16-15-6)20(18,19)17-7-2-3-8(12)9(13)4-7/h2-4,17H,5,14H2,1H3,(H,15,16). The minimum Gasteiger partial charge on any atom is -0.325 e. The third kappa shape index (κ3) is 2.98. The van der Waals surface area contributed by atoms with Crippen molar-refractivity contribution in [2.24, 2.45) is 5.73 Å². The third-order valence-corrected chi connectivity index (χ3v) is 5.41. The van der Waals surface area contributed by atoms with E-state index in [9.17, 15) is 8.42 Å². The first-order valence-corrected chi connectivity index (χ1v) is 8.22. The molecule has 0 spiro atoms. The van der Waals surface area contributed by atoms with E-state index >= 15 is 0 Å². The molecule has 0 aliphatic rings. The monoisotopic (exact) mass is 378 g/mol. The highest BCUT2D eigenvalue weighted by atomic mass is 79.9. The molecule has 2 rings (SSSR count). The topological polar surface area (TPSA) is 101 Å². The molecular weight excluding hydrogens is 368 g/mol. The number of H-pyrrole nitrogens is 1. The molecule has 0 saturated carbocycles. The van der Waals surface area contributed by atoms with Gasteiger partial charge in [0.15, 0.2) is 0 Å². The zero-order chi connectivity index (χ0) is 14.9. The van der Waals surface area contributed by atoms with Crippen molar-refractivity contribution in [2.75, 3.05) is 4.72 Å². The predicted molar refractivity (Wildman–Crippen MR) is 81.2 cm³/mol. The number of sulfonamides is 1. The van der Waals surface area contributed by atoms with Crippen molar-refractivity contribution in [1.82, 2.24) is 10.2 Å². The normalized spacial score (nSPS) is 11.6. The molecule has 0 atom stereocenters. The van der Waals surface area contributed by atoms with Crippen LogP contribution in [0.5, 0.6) is 0 Å². The molecule has 0 unspecified atom stereocenters. The van der Waals surface area contributed by atoms with Gasteiger partial charge in [0.25, 0.3) is 10.0 Å². The van der Waals surface area contributed by atoms with Gasteiger partial charge in [0.1, 0.15) is 4.90 Å². The van der Waals surface area contributed by atoms with E-state index in [2.05, 4.69) is 30.8 Å². The second kappa shape index (κ2) is 5.72. The van der Waals surface area contributed by atoms with E-state index in [1.54, 1.807) is 19.1 Å². The molecule has 2 aromatic rings. The number of hydrogen-bond donors (Lipinski definition) is 3. The Hall–Kier alpha value is -1.09. The summed E-state index contributed by atoms with van der Waals surface area (Å²) >= 11 is 9.18. The lowest BCUT2D eigenvalue weighted by molar-refractivity contribution is 0.599. The van der Waals surface area contributed by atoms with Gasteiger partial charge in [0.2, 0.25) is 0 Å². The summed E-state index contributed by atoms with van der Waals surface area (Å²) < 4.78 is 27.9. The average Bonchev–Trinajstić information content (AvgIpc) is 2.75. The van der Waals surface area contributed by atoms with E-state index < -0.39 is 10.0 Å². The van der Waals surface area contributed by atoms with E-state index in [0.29, 0.717) is 26.6 Å². The summed E-state index contributed by atoms with van der Waals surface area (Å²) in [7, 11) is -3.77. The van der Waals surface area contributed by atoms with Crippen LogP contribution in [-0.2, 0) is 16.6 Å². The number of anilines is 1. The molecule has 0 aliphatic heterocycles. The fourth-order valence-corrected chi connectivity index (χ4v) is 3.58. The van der Waals surface area contributed by atoms with Crippen LogP contribution in [0.4, 0.5) is 5.69 Å². The molecule has 108 valence electrons. The summed E-state index contributed by atoms with van der Waals surface area (Å²) in [6, 6.07) is 4.78. The van der Waals surface area contributed by atoms with Crippen LogP contribution in [0.2, 0.25) is 5.02 Å². The Morgan fingerprint density at radius 2 is 2.20 bits per heavy atom. The van der Waals surface area contributed by atoms with Gasteiger partial charge >= 0.3 is 0 Å². The molecule has 6 nitrogen and oxygen atoms in total. The van der Waals surface area contributed by atoms with Crippen LogP contribution in [-0.4, -0.2) is 18.6 Å². The number of rotatable bonds is 4. The van der Waals surface area contributed by atoms with Gasteiger partial charge < -0.3 is 5.73 Å². The molecule has 1 aromatic carbocycles. The zero-order valence-corrected chi connectivity index (χ0v) is 13.6. The molecule has 1 aromatic heterocycles. The fraction of sp³-hybridized carbons (Fsp3) is 0.182. The Morgan fingerprint density at radius 1 is 1.50 bits per heavy atom. The SMILES string of the molecule is Cc1[nH]nc(CN)c1S(=O)(=O)Nc1ccc(Br)c(Cl)c1. The number of nitrogens with one attached hydrogen (secondary N) is 2. The number of nitrogens with zero attached hydrogens (tertiary/aromatic N) is 1. The maximum atomic E-state index is 12.4. The Bertz CT molecular complexity index is 745. The maximum Gasteiger partial charge on any atom is 0.265 e. The predicted octanol–water partition coefficient (Wildman–Crippen LogP) is 2.39. The van der Waals surface area contributed by atoms with Gasteiger partial charge in [0, 0.05) is 11.0 Å². The summed E-state index contributed by atoms with van der Waals surface area (Å²) in [6.07, 6.45) is 0. The summed E-state index contributed by atoms with van der Waals surface area (Å²) in [5, 5.41) is 6.90. The Morgan fingerprint density at radius 3 is 2.80 bits per heavy atom. The molecule has 4 N–H and O–H groups in total. The lowest BCUT2D eigenvalue weighted by atomic mass is 10.3. The minimum absolute atomic E-state index is 0.0294. The summed E-state index contributed by atoms with van der Waals surface area (Å²) in [5.41, 5.74) is 6.58. The lowest BCUT2D eigenvalue weighted by Crippen LogP contribution is -2.16. The van der Waals surface area contributed by atoms with Gasteiger partial charge in [-0.2, -0.15) is 5.10 Å². The smallest absolute Gasteiger partial charge is 0.265 e. The van der Waals surface area contributed by atoms with Crippen molar-refractivity contribution in [3.63, 3.8) is 0 Å². The molecule has 0 amide bonds. The molecule has 0 aliphatic carbocycles. The van der Waals surface area contributed by atoms with E-state index in [1.165, 1.54) is 6.07 Å². The average molecular weight is 380 g/mol. The van der Waals surface area contributed by atoms with Gasteiger partial charge in [-0.05, 0) is 41.1 Å². The van der Waals surface area contributed by atoms with E-state index in [0.717, 1.165) is 0 Å². The van der Waals surface area contributed by atoms with E-state index in [4.69, 9.17) is 17.3 Å². The third-order valence-electron chi connectivity index (χ3n) is 2.60. The maximum absolute atomic E-state index is 12.4. The number of nitrogens with two attached hydrogens (primary N) is 1. The van der Waals surface area contributed by atoms with Crippen molar-refractivity contribution in [1.29, 1.82) is 0 Å². The van der Waals surface area contributed by atoms with Crippen LogP contribution in [0.15, 0.2) is 27.6 Å². The van der Waals surface area contributed by atoms with Gasteiger partial charge in [-0.1, -0.05) is 11.6 Å². The van der Waals surface area contributed by atoms with Gasteiger partial charge in [0.05, 0.1) is 22.1 Å². The zero-order valence-electron chi connectivity index (χ0n) is 10.4. The van der Waals surface area contributed by atoms with Crippen molar-refractivity contribution >= 4 is 43.2 Å². The van der Waals surface area contributed by atoms with Crippen LogP contribution in [0.25, 0.3) is 0 Å². The molecule has 0 bridgehead atoms.